The van der Waals surface area contributed by atoms with Gasteiger partial charge in [-0.1, -0.05) is 118 Å². The highest BCUT2D eigenvalue weighted by Crippen LogP contribution is 2.40. The first-order valence-corrected chi connectivity index (χ1v) is 15.9. The normalized spacial score (nSPS) is 16.6. The van der Waals surface area contributed by atoms with E-state index in [1.807, 2.05) is 54.6 Å². The summed E-state index contributed by atoms with van der Waals surface area (Å²) < 4.78 is 0. The fraction of sp³-hybridized carbons (Fsp3) is 0.333. The van der Waals surface area contributed by atoms with Gasteiger partial charge in [-0.3, -0.25) is 9.59 Å². The monoisotopic (exact) mass is 587 g/mol. The first-order valence-electron chi connectivity index (χ1n) is 15.9. The molecule has 3 N–H and O–H groups in total. The van der Waals surface area contributed by atoms with E-state index in [4.69, 9.17) is 0 Å². The summed E-state index contributed by atoms with van der Waals surface area (Å²) in [4.78, 5) is 26.7. The van der Waals surface area contributed by atoms with Gasteiger partial charge in [-0.25, -0.2) is 0 Å². The Labute approximate surface area is 262 Å². The van der Waals surface area contributed by atoms with Gasteiger partial charge in [0.15, 0.2) is 0 Å². The average molecular weight is 588 g/mol. The van der Waals surface area contributed by atoms with Crippen LogP contribution < -0.4 is 16.0 Å². The smallest absolute Gasteiger partial charge is 0.251 e. The van der Waals surface area contributed by atoms with Crippen LogP contribution in [0.2, 0.25) is 0 Å². The Hall–Kier alpha value is -4.22. The molecule has 1 aliphatic rings. The minimum absolute atomic E-state index is 0.0767. The van der Waals surface area contributed by atoms with Crippen LogP contribution in [-0.4, -0.2) is 30.4 Å². The number of rotatable bonds is 13. The van der Waals surface area contributed by atoms with Crippen LogP contribution in [0.15, 0.2) is 109 Å². The van der Waals surface area contributed by atoms with Crippen LogP contribution in [0.25, 0.3) is 11.1 Å². The molecule has 0 aliphatic heterocycles. The number of benzene rings is 4. The highest BCUT2D eigenvalue weighted by Gasteiger charge is 2.37. The third-order valence-corrected chi connectivity index (χ3v) is 8.51. The lowest BCUT2D eigenvalue weighted by Gasteiger charge is -2.20. The maximum absolute atomic E-state index is 13.4. The minimum Gasteiger partial charge on any atom is -0.350 e. The Balaban J connectivity index is 1.16. The Morgan fingerprint density at radius 2 is 1.41 bits per heavy atom. The van der Waals surface area contributed by atoms with E-state index in [0.29, 0.717) is 30.5 Å². The number of unbranched alkanes of at least 4 members (excludes halogenated alkanes) is 1. The molecule has 0 aromatic heterocycles. The van der Waals surface area contributed by atoms with E-state index in [1.54, 1.807) is 0 Å². The molecular formula is C39H45N3O2. The number of hydrogen-bond donors (Lipinski definition) is 3. The van der Waals surface area contributed by atoms with Crippen molar-refractivity contribution in [3.05, 3.63) is 131 Å². The van der Waals surface area contributed by atoms with Crippen LogP contribution in [0, 0.1) is 0 Å². The molecule has 3 atom stereocenters. The molecule has 0 bridgehead atoms. The predicted octanol–water partition coefficient (Wildman–Crippen LogP) is 7.38. The maximum Gasteiger partial charge on any atom is 0.251 e. The van der Waals surface area contributed by atoms with Gasteiger partial charge in [0.2, 0.25) is 5.91 Å². The van der Waals surface area contributed by atoms with Gasteiger partial charge in [0.25, 0.3) is 5.91 Å². The molecular weight excluding hydrogens is 542 g/mol. The van der Waals surface area contributed by atoms with Gasteiger partial charge < -0.3 is 16.0 Å². The molecule has 228 valence electrons. The second-order valence-corrected chi connectivity index (χ2v) is 12.9. The van der Waals surface area contributed by atoms with Crippen molar-refractivity contribution in [2.24, 2.45) is 0 Å². The van der Waals surface area contributed by atoms with Gasteiger partial charge in [-0.05, 0) is 77.6 Å². The quantitative estimate of drug-likeness (QED) is 0.143. The van der Waals surface area contributed by atoms with E-state index < -0.39 is 6.04 Å². The molecule has 5 heteroatoms. The van der Waals surface area contributed by atoms with Crippen molar-refractivity contribution in [1.29, 1.82) is 0 Å². The molecule has 4 aromatic rings. The Morgan fingerprint density at radius 3 is 2.07 bits per heavy atom. The van der Waals surface area contributed by atoms with E-state index in [9.17, 15) is 9.59 Å². The van der Waals surface area contributed by atoms with Crippen molar-refractivity contribution < 1.29 is 9.59 Å². The summed E-state index contributed by atoms with van der Waals surface area (Å²) in [6, 6.07) is 36.6. The lowest BCUT2D eigenvalue weighted by Crippen LogP contribution is -2.46. The van der Waals surface area contributed by atoms with Gasteiger partial charge in [0, 0.05) is 24.1 Å². The van der Waals surface area contributed by atoms with Crippen LogP contribution >= 0.6 is 0 Å². The van der Waals surface area contributed by atoms with Gasteiger partial charge in [0.05, 0.1) is 0 Å². The summed E-state index contributed by atoms with van der Waals surface area (Å²) >= 11 is 0. The van der Waals surface area contributed by atoms with E-state index in [2.05, 4.69) is 91.3 Å². The minimum atomic E-state index is -0.608. The third-order valence-electron chi connectivity index (χ3n) is 8.51. The van der Waals surface area contributed by atoms with Crippen molar-refractivity contribution >= 4 is 11.8 Å². The number of carbonyl (C=O) groups is 2. The van der Waals surface area contributed by atoms with Crippen molar-refractivity contribution in [2.75, 3.05) is 6.54 Å². The lowest BCUT2D eigenvalue weighted by atomic mass is 9.87. The van der Waals surface area contributed by atoms with E-state index in [1.165, 1.54) is 17.5 Å². The lowest BCUT2D eigenvalue weighted by molar-refractivity contribution is -0.123. The zero-order valence-corrected chi connectivity index (χ0v) is 26.2. The van der Waals surface area contributed by atoms with Gasteiger partial charge >= 0.3 is 0 Å². The molecule has 2 amide bonds. The standard InChI is InChI=1S/C39H45N3O2/c1-39(2,3)33-23-17-28(18-24-33)27-41-38(44)35(16-10-11-25-40-36-26-34(36)31-14-8-5-9-15-31)42-37(43)32-21-19-30(20-22-32)29-12-6-4-7-13-29/h4-9,12-15,17-24,34-36,40H,10-11,16,25-27H2,1-3H3,(H,41,44)(H,42,43)/t34-,35+,36+/m1/s1. The fourth-order valence-electron chi connectivity index (χ4n) is 5.64. The third kappa shape index (κ3) is 8.67. The van der Waals surface area contributed by atoms with Gasteiger partial charge in [-0.15, -0.1) is 0 Å². The summed E-state index contributed by atoms with van der Waals surface area (Å²) in [6.07, 6.45) is 3.53. The van der Waals surface area contributed by atoms with Crippen LogP contribution in [0.5, 0.6) is 0 Å². The first-order chi connectivity index (χ1) is 21.3. The molecule has 1 aliphatic carbocycles. The van der Waals surface area contributed by atoms with E-state index in [0.717, 1.165) is 36.1 Å². The fourth-order valence-corrected chi connectivity index (χ4v) is 5.64. The van der Waals surface area contributed by atoms with Crippen molar-refractivity contribution in [3.63, 3.8) is 0 Å². The molecule has 5 nitrogen and oxygen atoms in total. The zero-order valence-electron chi connectivity index (χ0n) is 26.2. The Morgan fingerprint density at radius 1 is 0.773 bits per heavy atom. The van der Waals surface area contributed by atoms with Crippen molar-refractivity contribution in [2.45, 2.75) is 76.4 Å². The molecule has 4 aromatic carbocycles. The predicted molar refractivity (Wildman–Crippen MR) is 180 cm³/mol. The molecule has 44 heavy (non-hydrogen) atoms. The summed E-state index contributed by atoms with van der Waals surface area (Å²) in [6.45, 7) is 7.89. The largest absolute Gasteiger partial charge is 0.350 e. The van der Waals surface area contributed by atoms with Crippen LogP contribution in [-0.2, 0) is 16.8 Å². The van der Waals surface area contributed by atoms with Crippen molar-refractivity contribution in [3.8, 4) is 11.1 Å². The topological polar surface area (TPSA) is 70.2 Å². The van der Waals surface area contributed by atoms with Gasteiger partial charge in [0.1, 0.15) is 6.04 Å². The molecule has 1 saturated carbocycles. The van der Waals surface area contributed by atoms with Crippen LogP contribution in [0.1, 0.15) is 79.4 Å². The maximum atomic E-state index is 13.4. The van der Waals surface area contributed by atoms with Crippen molar-refractivity contribution in [1.82, 2.24) is 16.0 Å². The summed E-state index contributed by atoms with van der Waals surface area (Å²) in [7, 11) is 0. The first kappa shape index (κ1) is 31.2. The summed E-state index contributed by atoms with van der Waals surface area (Å²) in [5.41, 5.74) is 6.46. The Bertz CT molecular complexity index is 1490. The highest BCUT2D eigenvalue weighted by atomic mass is 16.2. The number of amides is 2. The number of nitrogens with one attached hydrogen (secondary N) is 3. The highest BCUT2D eigenvalue weighted by molar-refractivity contribution is 5.97. The molecule has 0 saturated heterocycles. The van der Waals surface area contributed by atoms with E-state index >= 15 is 0 Å². The van der Waals surface area contributed by atoms with Gasteiger partial charge in [-0.2, -0.15) is 0 Å². The van der Waals surface area contributed by atoms with E-state index in [-0.39, 0.29) is 17.2 Å². The molecule has 0 unspecified atom stereocenters. The summed E-state index contributed by atoms with van der Waals surface area (Å²) in [5.74, 6) is 0.208. The second-order valence-electron chi connectivity index (χ2n) is 12.9. The molecule has 0 radical (unpaired) electrons. The summed E-state index contributed by atoms with van der Waals surface area (Å²) in [5, 5.41) is 9.76. The molecule has 5 rings (SSSR count). The molecule has 1 fully saturated rings. The molecule has 0 heterocycles. The Kier molecular flexibility index (Phi) is 10.3. The average Bonchev–Trinajstić information content (AvgIpc) is 3.83. The number of hydrogen-bond acceptors (Lipinski definition) is 3. The molecule has 0 spiro atoms. The number of carbonyl (C=O) groups excluding carboxylic acids is 2. The van der Waals surface area contributed by atoms with Crippen LogP contribution in [0.3, 0.4) is 0 Å². The zero-order chi connectivity index (χ0) is 30.9. The second kappa shape index (κ2) is 14.5. The van der Waals surface area contributed by atoms with Crippen LogP contribution in [0.4, 0.5) is 0 Å². The SMILES string of the molecule is CC(C)(C)c1ccc(CNC(=O)[C@H](CCCCN[C@H]2C[C@@H]2c2ccccc2)NC(=O)c2ccc(-c3ccccc3)cc2)cc1.